The van der Waals surface area contributed by atoms with Gasteiger partial charge in [0, 0.05) is 31.6 Å². The van der Waals surface area contributed by atoms with Crippen molar-refractivity contribution in [2.75, 3.05) is 27.0 Å². The predicted octanol–water partition coefficient (Wildman–Crippen LogP) is 1.01. The van der Waals surface area contributed by atoms with E-state index >= 15 is 0 Å². The number of hydrogen-bond donors (Lipinski definition) is 1. The van der Waals surface area contributed by atoms with Crippen molar-refractivity contribution in [1.82, 2.24) is 10.3 Å². The third kappa shape index (κ3) is 3.83. The lowest BCUT2D eigenvalue weighted by molar-refractivity contribution is 0.348. The van der Waals surface area contributed by atoms with Crippen molar-refractivity contribution in [1.29, 1.82) is 0 Å². The molecule has 0 unspecified atom stereocenters. The molecule has 0 aliphatic rings. The Kier molecular flexibility index (Phi) is 5.35. The first kappa shape index (κ1) is 16.7. The van der Waals surface area contributed by atoms with E-state index in [2.05, 4.69) is 10.3 Å². The van der Waals surface area contributed by atoms with E-state index in [1.54, 1.807) is 40.3 Å². The van der Waals surface area contributed by atoms with Gasteiger partial charge in [-0.3, -0.25) is 4.98 Å². The molecule has 0 spiro atoms. The summed E-state index contributed by atoms with van der Waals surface area (Å²) in [5.74, 6) is 1.15. The third-order valence-corrected chi connectivity index (χ3v) is 5.37. The van der Waals surface area contributed by atoms with Crippen LogP contribution in [0, 0.1) is 0 Å². The second kappa shape index (κ2) is 6.41. The number of methoxy groups -OCH3 is 2. The van der Waals surface area contributed by atoms with Crippen LogP contribution in [0.2, 0.25) is 0 Å². The summed E-state index contributed by atoms with van der Waals surface area (Å²) in [5, 5.41) is 3.10. The molecule has 7 heteroatoms. The van der Waals surface area contributed by atoms with Crippen molar-refractivity contribution in [2.45, 2.75) is 25.1 Å². The summed E-state index contributed by atoms with van der Waals surface area (Å²) in [4.78, 5) is 4.22. The monoisotopic (exact) mass is 302 g/mol. The van der Waals surface area contributed by atoms with Crippen LogP contribution in [-0.2, 0) is 16.4 Å². The SMILES string of the molecule is COc1ccnc(CNCC(C)(C)S(C)(=O)=O)c1OC. The normalized spacial score (nSPS) is 12.2. The smallest absolute Gasteiger partial charge is 0.183 e. The Balaban J connectivity index is 2.77. The Hall–Kier alpha value is -1.34. The van der Waals surface area contributed by atoms with E-state index < -0.39 is 14.6 Å². The Morgan fingerprint density at radius 3 is 2.45 bits per heavy atom. The Bertz CT molecular complexity index is 555. The van der Waals surface area contributed by atoms with Crippen molar-refractivity contribution in [3.8, 4) is 11.5 Å². The minimum atomic E-state index is -3.12. The largest absolute Gasteiger partial charge is 0.493 e. The molecule has 114 valence electrons. The third-order valence-electron chi connectivity index (χ3n) is 3.21. The molecule has 1 aromatic heterocycles. The van der Waals surface area contributed by atoms with Crippen LogP contribution in [0.1, 0.15) is 19.5 Å². The van der Waals surface area contributed by atoms with Crippen LogP contribution in [-0.4, -0.2) is 45.2 Å². The molecule has 0 aromatic carbocycles. The standard InChI is InChI=1S/C13H22N2O4S/c1-13(2,20(5,16)17)9-14-8-10-12(19-4)11(18-3)6-7-15-10/h6-7,14H,8-9H2,1-5H3. The maximum atomic E-state index is 11.6. The summed E-state index contributed by atoms with van der Waals surface area (Å²) >= 11 is 0. The molecular weight excluding hydrogens is 280 g/mol. The fourth-order valence-electron chi connectivity index (χ4n) is 1.59. The van der Waals surface area contributed by atoms with E-state index in [0.29, 0.717) is 30.3 Å². The molecule has 20 heavy (non-hydrogen) atoms. The predicted molar refractivity (Wildman–Crippen MR) is 78.0 cm³/mol. The Morgan fingerprint density at radius 1 is 1.30 bits per heavy atom. The average molecular weight is 302 g/mol. The van der Waals surface area contributed by atoms with Crippen LogP contribution in [0.15, 0.2) is 12.3 Å². The molecule has 0 fully saturated rings. The Morgan fingerprint density at radius 2 is 1.95 bits per heavy atom. The molecule has 0 aliphatic heterocycles. The van der Waals surface area contributed by atoms with Gasteiger partial charge in [0.2, 0.25) is 0 Å². The van der Waals surface area contributed by atoms with E-state index in [9.17, 15) is 8.42 Å². The fraction of sp³-hybridized carbons (Fsp3) is 0.615. The number of nitrogens with zero attached hydrogens (tertiary/aromatic N) is 1. The van der Waals surface area contributed by atoms with Crippen molar-refractivity contribution < 1.29 is 17.9 Å². The van der Waals surface area contributed by atoms with E-state index in [-0.39, 0.29) is 0 Å². The minimum absolute atomic E-state index is 0.327. The summed E-state index contributed by atoms with van der Waals surface area (Å²) in [6.45, 7) is 4.10. The van der Waals surface area contributed by atoms with Crippen molar-refractivity contribution in [2.24, 2.45) is 0 Å². The summed E-state index contributed by atoms with van der Waals surface area (Å²) in [6.07, 6.45) is 2.86. The van der Waals surface area contributed by atoms with Crippen LogP contribution >= 0.6 is 0 Å². The van der Waals surface area contributed by atoms with Crippen LogP contribution in [0.25, 0.3) is 0 Å². The van der Waals surface area contributed by atoms with Gasteiger partial charge in [-0.2, -0.15) is 0 Å². The van der Waals surface area contributed by atoms with E-state index in [4.69, 9.17) is 9.47 Å². The van der Waals surface area contributed by atoms with Gasteiger partial charge in [0.15, 0.2) is 21.3 Å². The zero-order valence-corrected chi connectivity index (χ0v) is 13.4. The highest BCUT2D eigenvalue weighted by Gasteiger charge is 2.29. The second-order valence-electron chi connectivity index (χ2n) is 5.13. The molecule has 1 N–H and O–H groups in total. The van der Waals surface area contributed by atoms with E-state index in [1.807, 2.05) is 0 Å². The van der Waals surface area contributed by atoms with Crippen LogP contribution in [0.5, 0.6) is 11.5 Å². The number of aromatic nitrogens is 1. The molecule has 0 saturated heterocycles. The molecule has 0 atom stereocenters. The number of nitrogens with one attached hydrogen (secondary N) is 1. The molecule has 6 nitrogen and oxygen atoms in total. The van der Waals surface area contributed by atoms with E-state index in [1.165, 1.54) is 6.26 Å². The molecule has 0 radical (unpaired) electrons. The fourth-order valence-corrected chi connectivity index (χ4v) is 1.95. The molecule has 0 amide bonds. The van der Waals surface area contributed by atoms with Gasteiger partial charge in [-0.1, -0.05) is 0 Å². The number of hydrogen-bond acceptors (Lipinski definition) is 6. The lowest BCUT2D eigenvalue weighted by atomic mass is 10.2. The average Bonchev–Trinajstić information content (AvgIpc) is 2.36. The summed E-state index contributed by atoms with van der Waals surface area (Å²) in [6, 6.07) is 1.71. The number of ether oxygens (including phenoxy) is 2. The molecular formula is C13H22N2O4S. The van der Waals surface area contributed by atoms with Gasteiger partial charge >= 0.3 is 0 Å². The Labute approximate surface area is 120 Å². The molecule has 1 rings (SSSR count). The van der Waals surface area contributed by atoms with Gasteiger partial charge in [0.1, 0.15) is 0 Å². The lowest BCUT2D eigenvalue weighted by Crippen LogP contribution is -2.41. The highest BCUT2D eigenvalue weighted by atomic mass is 32.2. The van der Waals surface area contributed by atoms with Gasteiger partial charge < -0.3 is 14.8 Å². The first-order valence-corrected chi connectivity index (χ1v) is 8.08. The summed E-state index contributed by atoms with van der Waals surface area (Å²) < 4.78 is 32.9. The minimum Gasteiger partial charge on any atom is -0.493 e. The first-order chi connectivity index (χ1) is 9.23. The summed E-state index contributed by atoms with van der Waals surface area (Å²) in [7, 11) is -0.0217. The van der Waals surface area contributed by atoms with Gasteiger partial charge in [-0.15, -0.1) is 0 Å². The molecule has 0 aliphatic carbocycles. The zero-order valence-electron chi connectivity index (χ0n) is 12.6. The zero-order chi connectivity index (χ0) is 15.4. The number of rotatable bonds is 7. The highest BCUT2D eigenvalue weighted by molar-refractivity contribution is 7.92. The van der Waals surface area contributed by atoms with Gasteiger partial charge in [-0.05, 0) is 13.8 Å². The lowest BCUT2D eigenvalue weighted by Gasteiger charge is -2.23. The highest BCUT2D eigenvalue weighted by Crippen LogP contribution is 2.28. The molecule has 1 heterocycles. The van der Waals surface area contributed by atoms with Crippen LogP contribution < -0.4 is 14.8 Å². The molecule has 0 bridgehead atoms. The second-order valence-corrected chi connectivity index (χ2v) is 7.78. The molecule has 0 saturated carbocycles. The van der Waals surface area contributed by atoms with Crippen molar-refractivity contribution >= 4 is 9.84 Å². The summed E-state index contributed by atoms with van der Waals surface area (Å²) in [5.41, 5.74) is 0.677. The van der Waals surface area contributed by atoms with Gasteiger partial charge in [-0.25, -0.2) is 8.42 Å². The first-order valence-electron chi connectivity index (χ1n) is 6.19. The van der Waals surface area contributed by atoms with Crippen LogP contribution in [0.4, 0.5) is 0 Å². The number of sulfone groups is 1. The van der Waals surface area contributed by atoms with Crippen LogP contribution in [0.3, 0.4) is 0 Å². The quantitative estimate of drug-likeness (QED) is 0.810. The van der Waals surface area contributed by atoms with E-state index in [0.717, 1.165) is 0 Å². The topological polar surface area (TPSA) is 77.5 Å². The van der Waals surface area contributed by atoms with Crippen molar-refractivity contribution in [3.63, 3.8) is 0 Å². The van der Waals surface area contributed by atoms with Gasteiger partial charge in [0.25, 0.3) is 0 Å². The number of pyridine rings is 1. The maximum absolute atomic E-state index is 11.6. The molecule has 1 aromatic rings. The maximum Gasteiger partial charge on any atom is 0.183 e. The van der Waals surface area contributed by atoms with Gasteiger partial charge in [0.05, 0.1) is 24.7 Å². The van der Waals surface area contributed by atoms with Crippen molar-refractivity contribution in [3.05, 3.63) is 18.0 Å².